The van der Waals surface area contributed by atoms with Crippen LogP contribution in [0.4, 0.5) is 5.82 Å². The standard InChI is InChI=1S/C16H18N4O/c1-11(8-9-13-6-4-3-5-7-13)19-15-14-12(2)20-21-16(14)18-10-17-15/h3-7,10-11H,8-9H2,1-2H3,(H,17,18,19). The number of nitrogens with one attached hydrogen (secondary N) is 1. The van der Waals surface area contributed by atoms with E-state index >= 15 is 0 Å². The van der Waals surface area contributed by atoms with Crippen LogP contribution in [0, 0.1) is 6.92 Å². The summed E-state index contributed by atoms with van der Waals surface area (Å²) in [4.78, 5) is 8.40. The number of hydrogen-bond donors (Lipinski definition) is 1. The zero-order valence-corrected chi connectivity index (χ0v) is 12.2. The van der Waals surface area contributed by atoms with E-state index in [-0.39, 0.29) is 0 Å². The van der Waals surface area contributed by atoms with Gasteiger partial charge in [0.15, 0.2) is 0 Å². The van der Waals surface area contributed by atoms with Crippen molar-refractivity contribution in [2.24, 2.45) is 0 Å². The maximum Gasteiger partial charge on any atom is 0.263 e. The van der Waals surface area contributed by atoms with Crippen LogP contribution in [0.5, 0.6) is 0 Å². The first-order valence-corrected chi connectivity index (χ1v) is 7.11. The molecule has 0 radical (unpaired) electrons. The fourth-order valence-electron chi connectivity index (χ4n) is 2.36. The van der Waals surface area contributed by atoms with E-state index in [0.29, 0.717) is 11.8 Å². The maximum atomic E-state index is 5.16. The number of aryl methyl sites for hydroxylation is 2. The van der Waals surface area contributed by atoms with E-state index < -0.39 is 0 Å². The molecule has 0 fully saturated rings. The molecule has 0 saturated heterocycles. The molecule has 1 aromatic carbocycles. The van der Waals surface area contributed by atoms with Crippen LogP contribution < -0.4 is 5.32 Å². The van der Waals surface area contributed by atoms with Crippen molar-refractivity contribution < 1.29 is 4.52 Å². The fraction of sp³-hybridized carbons (Fsp3) is 0.312. The third-order valence-electron chi connectivity index (χ3n) is 3.54. The Hall–Kier alpha value is -2.43. The lowest BCUT2D eigenvalue weighted by Gasteiger charge is -2.14. The minimum atomic E-state index is 0.303. The van der Waals surface area contributed by atoms with Gasteiger partial charge in [0.2, 0.25) is 0 Å². The van der Waals surface area contributed by atoms with E-state index in [1.54, 1.807) is 0 Å². The van der Waals surface area contributed by atoms with Gasteiger partial charge in [-0.1, -0.05) is 35.5 Å². The summed E-state index contributed by atoms with van der Waals surface area (Å²) in [6, 6.07) is 10.8. The van der Waals surface area contributed by atoms with Crippen LogP contribution in [-0.2, 0) is 6.42 Å². The Morgan fingerprint density at radius 1 is 1.19 bits per heavy atom. The van der Waals surface area contributed by atoms with Gasteiger partial charge in [0.1, 0.15) is 17.5 Å². The van der Waals surface area contributed by atoms with E-state index in [1.165, 1.54) is 11.9 Å². The lowest BCUT2D eigenvalue weighted by atomic mass is 10.1. The summed E-state index contributed by atoms with van der Waals surface area (Å²) >= 11 is 0. The third-order valence-corrected chi connectivity index (χ3v) is 3.54. The van der Waals surface area contributed by atoms with E-state index in [4.69, 9.17) is 4.52 Å². The molecule has 3 rings (SSSR count). The Labute approximate surface area is 123 Å². The number of fused-ring (bicyclic) bond motifs is 1. The highest BCUT2D eigenvalue weighted by Crippen LogP contribution is 2.23. The molecule has 0 bridgehead atoms. The molecule has 0 aliphatic heterocycles. The van der Waals surface area contributed by atoms with Crippen molar-refractivity contribution in [3.63, 3.8) is 0 Å². The summed E-state index contributed by atoms with van der Waals surface area (Å²) in [6.45, 7) is 4.05. The van der Waals surface area contributed by atoms with Crippen LogP contribution in [0.15, 0.2) is 41.2 Å². The van der Waals surface area contributed by atoms with Crippen molar-refractivity contribution in [2.75, 3.05) is 5.32 Å². The molecule has 3 aromatic rings. The van der Waals surface area contributed by atoms with Gasteiger partial charge in [0.05, 0.1) is 5.69 Å². The summed E-state index contributed by atoms with van der Waals surface area (Å²) < 4.78 is 5.16. The van der Waals surface area contributed by atoms with Crippen LogP contribution in [0.25, 0.3) is 11.1 Å². The Kier molecular flexibility index (Phi) is 3.81. The van der Waals surface area contributed by atoms with E-state index in [2.05, 4.69) is 51.6 Å². The average molecular weight is 282 g/mol. The summed E-state index contributed by atoms with van der Waals surface area (Å²) in [5.41, 5.74) is 2.68. The molecular weight excluding hydrogens is 264 g/mol. The molecule has 0 spiro atoms. The predicted octanol–water partition coefficient (Wildman–Crippen LogP) is 3.36. The van der Waals surface area contributed by atoms with Crippen molar-refractivity contribution >= 4 is 16.9 Å². The minimum absolute atomic E-state index is 0.303. The Balaban J connectivity index is 1.69. The fourth-order valence-corrected chi connectivity index (χ4v) is 2.36. The first-order chi connectivity index (χ1) is 10.2. The molecule has 0 saturated carbocycles. The molecule has 0 aliphatic rings. The summed E-state index contributed by atoms with van der Waals surface area (Å²) in [6.07, 6.45) is 3.56. The monoisotopic (exact) mass is 282 g/mol. The zero-order chi connectivity index (χ0) is 14.7. The van der Waals surface area contributed by atoms with Crippen molar-refractivity contribution in [3.05, 3.63) is 47.9 Å². The SMILES string of the molecule is Cc1noc2ncnc(NC(C)CCc3ccccc3)c12. The highest BCUT2D eigenvalue weighted by Gasteiger charge is 2.13. The van der Waals surface area contributed by atoms with E-state index in [0.717, 1.165) is 29.7 Å². The molecule has 5 heteroatoms. The van der Waals surface area contributed by atoms with Crippen molar-refractivity contribution in [3.8, 4) is 0 Å². The number of hydrogen-bond acceptors (Lipinski definition) is 5. The summed E-state index contributed by atoms with van der Waals surface area (Å²) in [5, 5.41) is 8.24. The molecule has 21 heavy (non-hydrogen) atoms. The van der Waals surface area contributed by atoms with Crippen LogP contribution >= 0.6 is 0 Å². The van der Waals surface area contributed by atoms with Gasteiger partial charge in [-0.25, -0.2) is 4.98 Å². The molecular formula is C16H18N4O. The van der Waals surface area contributed by atoms with Gasteiger partial charge in [-0.15, -0.1) is 0 Å². The number of aromatic nitrogens is 3. The highest BCUT2D eigenvalue weighted by atomic mass is 16.5. The number of rotatable bonds is 5. The summed E-state index contributed by atoms with van der Waals surface area (Å²) in [5.74, 6) is 0.791. The molecule has 0 amide bonds. The number of anilines is 1. The van der Waals surface area contributed by atoms with Crippen LogP contribution in [0.1, 0.15) is 24.6 Å². The third kappa shape index (κ3) is 3.02. The minimum Gasteiger partial charge on any atom is -0.367 e. The highest BCUT2D eigenvalue weighted by molar-refractivity contribution is 5.87. The largest absolute Gasteiger partial charge is 0.367 e. The first kappa shape index (κ1) is 13.5. The molecule has 0 aliphatic carbocycles. The van der Waals surface area contributed by atoms with Crippen molar-refractivity contribution in [2.45, 2.75) is 32.7 Å². The predicted molar refractivity (Wildman–Crippen MR) is 82.2 cm³/mol. The van der Waals surface area contributed by atoms with E-state index in [9.17, 15) is 0 Å². The number of nitrogens with zero attached hydrogens (tertiary/aromatic N) is 3. The smallest absolute Gasteiger partial charge is 0.263 e. The lowest BCUT2D eigenvalue weighted by molar-refractivity contribution is 0.442. The molecule has 1 unspecified atom stereocenters. The Morgan fingerprint density at radius 2 is 2.00 bits per heavy atom. The normalized spacial score (nSPS) is 12.5. The van der Waals surface area contributed by atoms with Crippen LogP contribution in [0.3, 0.4) is 0 Å². The molecule has 1 N–H and O–H groups in total. The Morgan fingerprint density at radius 3 is 2.81 bits per heavy atom. The van der Waals surface area contributed by atoms with Gasteiger partial charge < -0.3 is 9.84 Å². The zero-order valence-electron chi connectivity index (χ0n) is 12.2. The van der Waals surface area contributed by atoms with Crippen molar-refractivity contribution in [1.29, 1.82) is 0 Å². The second kappa shape index (κ2) is 5.91. The molecule has 5 nitrogen and oxygen atoms in total. The quantitative estimate of drug-likeness (QED) is 0.777. The van der Waals surface area contributed by atoms with Crippen molar-refractivity contribution in [1.82, 2.24) is 15.1 Å². The molecule has 108 valence electrons. The average Bonchev–Trinajstić information content (AvgIpc) is 2.89. The first-order valence-electron chi connectivity index (χ1n) is 7.11. The lowest BCUT2D eigenvalue weighted by Crippen LogP contribution is -2.17. The summed E-state index contributed by atoms with van der Waals surface area (Å²) in [7, 11) is 0. The van der Waals surface area contributed by atoms with E-state index in [1.807, 2.05) is 13.0 Å². The number of benzene rings is 1. The second-order valence-electron chi connectivity index (χ2n) is 5.24. The molecule has 2 aromatic heterocycles. The van der Waals surface area contributed by atoms with Gasteiger partial charge in [-0.2, -0.15) is 4.98 Å². The van der Waals surface area contributed by atoms with Crippen LogP contribution in [-0.4, -0.2) is 21.2 Å². The Bertz CT molecular complexity index is 723. The van der Waals surface area contributed by atoms with Gasteiger partial charge in [-0.05, 0) is 32.3 Å². The maximum absolute atomic E-state index is 5.16. The molecule has 2 heterocycles. The van der Waals surface area contributed by atoms with Gasteiger partial charge in [0.25, 0.3) is 5.71 Å². The topological polar surface area (TPSA) is 63.8 Å². The second-order valence-corrected chi connectivity index (χ2v) is 5.24. The van der Waals surface area contributed by atoms with Crippen LogP contribution in [0.2, 0.25) is 0 Å². The van der Waals surface area contributed by atoms with Gasteiger partial charge in [-0.3, -0.25) is 0 Å². The van der Waals surface area contributed by atoms with Gasteiger partial charge in [0, 0.05) is 6.04 Å². The van der Waals surface area contributed by atoms with Gasteiger partial charge >= 0.3 is 0 Å². The molecule has 1 atom stereocenters.